The van der Waals surface area contributed by atoms with Crippen LogP contribution < -0.4 is 10.6 Å². The van der Waals surface area contributed by atoms with Gasteiger partial charge in [-0.3, -0.25) is 9.59 Å². The van der Waals surface area contributed by atoms with Gasteiger partial charge < -0.3 is 10.6 Å². The number of amides is 2. The number of carbonyl (C=O) groups is 2. The number of anilines is 1. The number of sulfonamides is 1. The van der Waals surface area contributed by atoms with Gasteiger partial charge in [-0.25, -0.2) is 8.42 Å². The van der Waals surface area contributed by atoms with Crippen LogP contribution in [0.2, 0.25) is 0 Å². The molecule has 7 nitrogen and oxygen atoms in total. The molecule has 2 aromatic rings. The van der Waals surface area contributed by atoms with E-state index in [1.807, 2.05) is 26.0 Å². The number of benzene rings is 1. The van der Waals surface area contributed by atoms with Crippen molar-refractivity contribution in [2.45, 2.75) is 36.9 Å². The fraction of sp³-hybridized carbons (Fsp3) is 0.368. The Morgan fingerprint density at radius 3 is 2.71 bits per heavy atom. The maximum Gasteiger partial charge on any atom is 0.313 e. The molecule has 28 heavy (non-hydrogen) atoms. The van der Waals surface area contributed by atoms with Crippen LogP contribution in [0.15, 0.2) is 39.9 Å². The topological polar surface area (TPSA) is 95.6 Å². The van der Waals surface area contributed by atoms with Crippen LogP contribution in [0.3, 0.4) is 0 Å². The minimum absolute atomic E-state index is 0.101. The fourth-order valence-electron chi connectivity index (χ4n) is 3.20. The minimum Gasteiger partial charge on any atom is -0.346 e. The Hall–Kier alpha value is -2.23. The van der Waals surface area contributed by atoms with Crippen LogP contribution in [0.25, 0.3) is 0 Å². The lowest BCUT2D eigenvalue weighted by molar-refractivity contribution is -0.136. The highest BCUT2D eigenvalue weighted by Gasteiger charge is 2.36. The second kappa shape index (κ2) is 8.42. The molecule has 1 saturated heterocycles. The Balaban J connectivity index is 1.60. The van der Waals surface area contributed by atoms with Crippen LogP contribution in [-0.4, -0.2) is 43.7 Å². The quantitative estimate of drug-likeness (QED) is 0.724. The number of nitrogens with one attached hydrogen (secondary N) is 2. The van der Waals surface area contributed by atoms with Crippen molar-refractivity contribution in [1.29, 1.82) is 0 Å². The van der Waals surface area contributed by atoms with Crippen LogP contribution in [0.4, 0.5) is 5.69 Å². The zero-order valence-corrected chi connectivity index (χ0v) is 17.4. The highest BCUT2D eigenvalue weighted by Crippen LogP contribution is 2.28. The maximum absolute atomic E-state index is 12.7. The third-order valence-corrected chi connectivity index (χ3v) is 8.05. The molecule has 0 bridgehead atoms. The first kappa shape index (κ1) is 20.5. The number of hydrogen-bond donors (Lipinski definition) is 2. The summed E-state index contributed by atoms with van der Waals surface area (Å²) >= 11 is 1.17. The molecule has 2 N–H and O–H groups in total. The Labute approximate surface area is 168 Å². The van der Waals surface area contributed by atoms with Gasteiger partial charge in [0.2, 0.25) is 0 Å². The standard InChI is InChI=1S/C19H23N3O4S2/c1-13-7-8-14(2)16(11-13)21-19(24)18(23)20-12-15-5-3-9-22(15)28(25,26)17-6-4-10-27-17/h4,6-8,10-11,15H,3,5,9,12H2,1-2H3,(H,20,23)(H,21,24)/t15-/m1/s1. The molecule has 0 unspecified atom stereocenters. The lowest BCUT2D eigenvalue weighted by Crippen LogP contribution is -2.45. The van der Waals surface area contributed by atoms with Crippen LogP contribution >= 0.6 is 11.3 Å². The van der Waals surface area contributed by atoms with E-state index in [2.05, 4.69) is 10.6 Å². The van der Waals surface area contributed by atoms with E-state index in [1.54, 1.807) is 23.6 Å². The van der Waals surface area contributed by atoms with Crippen LogP contribution in [0, 0.1) is 13.8 Å². The number of hydrogen-bond acceptors (Lipinski definition) is 5. The van der Waals surface area contributed by atoms with Crippen molar-refractivity contribution < 1.29 is 18.0 Å². The molecule has 2 amide bonds. The van der Waals surface area contributed by atoms with Crippen molar-refractivity contribution in [1.82, 2.24) is 9.62 Å². The molecule has 0 spiro atoms. The monoisotopic (exact) mass is 421 g/mol. The van der Waals surface area contributed by atoms with E-state index in [0.717, 1.165) is 17.5 Å². The van der Waals surface area contributed by atoms with E-state index in [-0.39, 0.29) is 12.6 Å². The van der Waals surface area contributed by atoms with Gasteiger partial charge in [0.15, 0.2) is 0 Å². The molecule has 1 aromatic heterocycles. The third-order valence-electron chi connectivity index (χ3n) is 4.73. The average molecular weight is 422 g/mol. The lowest BCUT2D eigenvalue weighted by atomic mass is 10.1. The van der Waals surface area contributed by atoms with Crippen molar-refractivity contribution in [3.8, 4) is 0 Å². The molecule has 0 aliphatic carbocycles. The summed E-state index contributed by atoms with van der Waals surface area (Å²) in [6.45, 7) is 4.26. The smallest absolute Gasteiger partial charge is 0.313 e. The fourth-order valence-corrected chi connectivity index (χ4v) is 6.01. The molecule has 1 atom stereocenters. The number of thiophene rings is 1. The summed E-state index contributed by atoms with van der Waals surface area (Å²) in [6, 6.07) is 8.51. The van der Waals surface area contributed by atoms with Crippen LogP contribution in [0.5, 0.6) is 0 Å². The summed E-state index contributed by atoms with van der Waals surface area (Å²) in [5.41, 5.74) is 2.42. The largest absolute Gasteiger partial charge is 0.346 e. The summed E-state index contributed by atoms with van der Waals surface area (Å²) in [4.78, 5) is 24.4. The number of rotatable bonds is 5. The Morgan fingerprint density at radius 1 is 1.21 bits per heavy atom. The van der Waals surface area contributed by atoms with Gasteiger partial charge >= 0.3 is 11.8 Å². The Morgan fingerprint density at radius 2 is 2.00 bits per heavy atom. The van der Waals surface area contributed by atoms with Gasteiger partial charge in [-0.2, -0.15) is 4.31 Å². The van der Waals surface area contributed by atoms with Gasteiger partial charge in [0.25, 0.3) is 10.0 Å². The first-order valence-corrected chi connectivity index (χ1v) is 11.3. The first-order valence-electron chi connectivity index (χ1n) is 9.01. The molecule has 3 rings (SSSR count). The normalized spacial score (nSPS) is 17.4. The maximum atomic E-state index is 12.7. The van der Waals surface area contributed by atoms with Gasteiger partial charge in [-0.05, 0) is 55.3 Å². The van der Waals surface area contributed by atoms with Crippen molar-refractivity contribution in [3.63, 3.8) is 0 Å². The van der Waals surface area contributed by atoms with E-state index in [4.69, 9.17) is 0 Å². The predicted molar refractivity (Wildman–Crippen MR) is 109 cm³/mol. The van der Waals surface area contributed by atoms with Gasteiger partial charge in [-0.15, -0.1) is 11.3 Å². The van der Waals surface area contributed by atoms with Gasteiger partial charge in [0, 0.05) is 24.8 Å². The molecular weight excluding hydrogens is 398 g/mol. The molecule has 150 valence electrons. The molecule has 1 aromatic carbocycles. The van der Waals surface area contributed by atoms with Gasteiger partial charge in [-0.1, -0.05) is 18.2 Å². The predicted octanol–water partition coefficient (Wildman–Crippen LogP) is 2.27. The second-order valence-electron chi connectivity index (χ2n) is 6.83. The molecule has 1 aliphatic rings. The van der Waals surface area contributed by atoms with Crippen LogP contribution in [0.1, 0.15) is 24.0 Å². The lowest BCUT2D eigenvalue weighted by Gasteiger charge is -2.23. The molecule has 0 radical (unpaired) electrons. The number of nitrogens with zero attached hydrogens (tertiary/aromatic N) is 1. The molecule has 0 saturated carbocycles. The van der Waals surface area contributed by atoms with Gasteiger partial charge in [0.05, 0.1) is 0 Å². The Kier molecular flexibility index (Phi) is 6.17. The summed E-state index contributed by atoms with van der Waals surface area (Å²) in [7, 11) is -3.57. The minimum atomic E-state index is -3.57. The molecular formula is C19H23N3O4S2. The van der Waals surface area contributed by atoms with Crippen molar-refractivity contribution in [2.24, 2.45) is 0 Å². The van der Waals surface area contributed by atoms with E-state index in [1.165, 1.54) is 15.6 Å². The van der Waals surface area contributed by atoms with E-state index in [9.17, 15) is 18.0 Å². The Bertz CT molecular complexity index is 971. The highest BCUT2D eigenvalue weighted by atomic mass is 32.2. The number of aryl methyl sites for hydroxylation is 2. The van der Waals surface area contributed by atoms with Crippen molar-refractivity contribution >= 4 is 38.9 Å². The summed E-state index contributed by atoms with van der Waals surface area (Å²) in [5, 5.41) is 6.90. The SMILES string of the molecule is Cc1ccc(C)c(NC(=O)C(=O)NC[C@H]2CCCN2S(=O)(=O)c2cccs2)c1. The van der Waals surface area contributed by atoms with Crippen LogP contribution in [-0.2, 0) is 19.6 Å². The highest BCUT2D eigenvalue weighted by molar-refractivity contribution is 7.91. The molecule has 2 heterocycles. The molecule has 9 heteroatoms. The summed E-state index contributed by atoms with van der Waals surface area (Å²) in [6.07, 6.45) is 1.36. The zero-order valence-electron chi connectivity index (χ0n) is 15.8. The van der Waals surface area contributed by atoms with E-state index >= 15 is 0 Å². The third kappa shape index (κ3) is 4.43. The molecule has 1 aliphatic heterocycles. The van der Waals surface area contributed by atoms with Crippen molar-refractivity contribution in [3.05, 3.63) is 46.8 Å². The molecule has 1 fully saturated rings. The van der Waals surface area contributed by atoms with Gasteiger partial charge in [0.1, 0.15) is 4.21 Å². The summed E-state index contributed by atoms with van der Waals surface area (Å²) < 4.78 is 27.2. The van der Waals surface area contributed by atoms with E-state index < -0.39 is 21.8 Å². The van der Waals surface area contributed by atoms with Crippen molar-refractivity contribution in [2.75, 3.05) is 18.4 Å². The second-order valence-corrected chi connectivity index (χ2v) is 9.89. The number of carbonyl (C=O) groups excluding carboxylic acids is 2. The summed E-state index contributed by atoms with van der Waals surface area (Å²) in [5.74, 6) is -1.54. The average Bonchev–Trinajstić information content (AvgIpc) is 3.34. The zero-order chi connectivity index (χ0) is 20.3. The first-order chi connectivity index (χ1) is 13.3. The van der Waals surface area contributed by atoms with E-state index in [0.29, 0.717) is 22.9 Å².